The normalized spacial score (nSPS) is 13.8. The highest BCUT2D eigenvalue weighted by molar-refractivity contribution is 7.67. The van der Waals surface area contributed by atoms with Crippen LogP contribution in [0.4, 0.5) is 34.5 Å². The molecular weight excluding hydrogens is 504 g/mol. The number of aromatic nitrogens is 2. The fourth-order valence-electron chi connectivity index (χ4n) is 4.03. The molecule has 3 N–H and O–H groups in total. The van der Waals surface area contributed by atoms with Crippen molar-refractivity contribution in [2.45, 2.75) is 12.8 Å². The second-order valence-electron chi connectivity index (χ2n) is 8.25. The highest BCUT2D eigenvalue weighted by Crippen LogP contribution is 2.35. The van der Waals surface area contributed by atoms with Crippen molar-refractivity contribution in [2.75, 3.05) is 47.1 Å². The zero-order valence-electron chi connectivity index (χ0n) is 19.8. The molecule has 1 aromatic heterocycles. The molecule has 0 bridgehead atoms. The lowest BCUT2D eigenvalue weighted by atomic mass is 9.97. The highest BCUT2D eigenvalue weighted by Gasteiger charge is 2.25. The van der Waals surface area contributed by atoms with Gasteiger partial charge in [0.1, 0.15) is 22.6 Å². The van der Waals surface area contributed by atoms with Gasteiger partial charge in [0.15, 0.2) is 5.82 Å². The number of nitrogens with zero attached hydrogens (tertiary/aromatic N) is 4. The molecule has 1 saturated heterocycles. The molecule has 0 amide bonds. The lowest BCUT2D eigenvalue weighted by Gasteiger charge is -2.32. The standard InChI is InChI=1S/C24H27ClN6O4S/c1-30(36-34)20-6-4-3-5-18(20)27-22-17(25)14-26-24(29-22)28-19-8-7-16(13-21(19)35-2)31-11-9-15(10-12-31)23(32)33/h3-8,13-15,36H,9-12H2,1-2H3,(H,32,33)(H2,26,27,28,29). The Bertz CT molecular complexity index is 1260. The number of nitrogens with one attached hydrogen (secondary N) is 2. The average Bonchev–Trinajstić information content (AvgIpc) is 2.90. The van der Waals surface area contributed by atoms with Crippen LogP contribution in [0.25, 0.3) is 0 Å². The molecule has 3 aromatic rings. The maximum absolute atomic E-state index is 11.4. The van der Waals surface area contributed by atoms with Crippen molar-refractivity contribution < 1.29 is 18.8 Å². The number of benzene rings is 2. The van der Waals surface area contributed by atoms with Gasteiger partial charge < -0.3 is 25.4 Å². The molecule has 10 nitrogen and oxygen atoms in total. The number of hydrogen-bond acceptors (Lipinski definition) is 8. The van der Waals surface area contributed by atoms with Gasteiger partial charge in [-0.25, -0.2) is 9.19 Å². The number of carboxylic acid groups (broad SMARTS) is 1. The number of rotatable bonds is 9. The second-order valence-corrected chi connectivity index (χ2v) is 9.42. The molecule has 1 aliphatic rings. The van der Waals surface area contributed by atoms with E-state index in [4.69, 9.17) is 16.3 Å². The first-order chi connectivity index (χ1) is 17.4. The number of ether oxygens (including phenoxy) is 1. The SMILES string of the molecule is COc1cc(N2CCC(C(=O)O)CC2)ccc1Nc1ncc(Cl)c(Nc2ccccc2N(C)[SH]=O)n1. The molecule has 36 heavy (non-hydrogen) atoms. The van der Waals surface area contributed by atoms with Gasteiger partial charge in [-0.3, -0.25) is 9.10 Å². The van der Waals surface area contributed by atoms with Crippen molar-refractivity contribution in [1.29, 1.82) is 0 Å². The number of piperidine rings is 1. The minimum atomic E-state index is -0.732. The van der Waals surface area contributed by atoms with E-state index < -0.39 is 5.97 Å². The number of halogens is 1. The van der Waals surface area contributed by atoms with E-state index in [1.54, 1.807) is 18.5 Å². The maximum Gasteiger partial charge on any atom is 0.306 e. The van der Waals surface area contributed by atoms with Crippen molar-refractivity contribution in [3.63, 3.8) is 0 Å². The molecule has 0 saturated carbocycles. The Morgan fingerprint density at radius 2 is 1.94 bits per heavy atom. The van der Waals surface area contributed by atoms with Crippen LogP contribution in [0.2, 0.25) is 5.02 Å². The Morgan fingerprint density at radius 1 is 1.19 bits per heavy atom. The van der Waals surface area contributed by atoms with Gasteiger partial charge in [0.05, 0.1) is 36.3 Å². The predicted octanol–water partition coefficient (Wildman–Crippen LogP) is 4.22. The molecule has 190 valence electrons. The first-order valence-corrected chi connectivity index (χ1v) is 12.4. The van der Waals surface area contributed by atoms with Gasteiger partial charge >= 0.3 is 5.97 Å². The van der Waals surface area contributed by atoms with E-state index in [-0.39, 0.29) is 17.8 Å². The van der Waals surface area contributed by atoms with E-state index in [0.29, 0.717) is 65.5 Å². The van der Waals surface area contributed by atoms with Crippen molar-refractivity contribution >= 4 is 63.9 Å². The minimum Gasteiger partial charge on any atom is -0.494 e. The van der Waals surface area contributed by atoms with Crippen LogP contribution >= 0.6 is 11.6 Å². The molecule has 0 spiro atoms. The molecule has 0 unspecified atom stereocenters. The van der Waals surface area contributed by atoms with Crippen LogP contribution in [0.15, 0.2) is 48.7 Å². The van der Waals surface area contributed by atoms with Crippen molar-refractivity contribution in [1.82, 2.24) is 9.97 Å². The highest BCUT2D eigenvalue weighted by atomic mass is 35.5. The fraction of sp³-hybridized carbons (Fsp3) is 0.292. The Morgan fingerprint density at radius 3 is 2.64 bits per heavy atom. The van der Waals surface area contributed by atoms with Crippen LogP contribution in [0, 0.1) is 5.92 Å². The van der Waals surface area contributed by atoms with Crippen LogP contribution in [0.1, 0.15) is 12.8 Å². The number of aliphatic carboxylic acids is 1. The molecule has 4 rings (SSSR count). The molecular formula is C24H27ClN6O4S. The molecule has 1 fully saturated rings. The van der Waals surface area contributed by atoms with Crippen LogP contribution in [-0.2, 0) is 16.6 Å². The van der Waals surface area contributed by atoms with Crippen molar-refractivity contribution in [3.8, 4) is 5.75 Å². The Kier molecular flexibility index (Phi) is 8.11. The molecule has 2 aromatic carbocycles. The summed E-state index contributed by atoms with van der Waals surface area (Å²) in [6, 6.07) is 13.1. The summed E-state index contributed by atoms with van der Waals surface area (Å²) in [6.45, 7) is 1.34. The number of carbonyl (C=O) groups is 1. The lowest BCUT2D eigenvalue weighted by molar-refractivity contribution is -0.142. The number of thiol groups is 1. The minimum absolute atomic E-state index is 0.145. The van der Waals surface area contributed by atoms with Crippen LogP contribution in [0.3, 0.4) is 0 Å². The quantitative estimate of drug-likeness (QED) is 0.301. The van der Waals surface area contributed by atoms with Gasteiger partial charge in [-0.1, -0.05) is 23.7 Å². The molecule has 2 heterocycles. The van der Waals surface area contributed by atoms with Crippen LogP contribution in [-0.4, -0.2) is 52.5 Å². The van der Waals surface area contributed by atoms with Gasteiger partial charge in [0, 0.05) is 31.9 Å². The van der Waals surface area contributed by atoms with Crippen LogP contribution < -0.4 is 24.6 Å². The number of methoxy groups -OCH3 is 1. The third-order valence-electron chi connectivity index (χ3n) is 6.01. The third-order valence-corrected chi connectivity index (χ3v) is 6.75. The zero-order valence-corrected chi connectivity index (χ0v) is 21.5. The topological polar surface area (TPSA) is 120 Å². The van der Waals surface area contributed by atoms with Crippen molar-refractivity contribution in [2.24, 2.45) is 5.92 Å². The average molecular weight is 531 g/mol. The first kappa shape index (κ1) is 25.5. The molecule has 12 heteroatoms. The van der Waals surface area contributed by atoms with Crippen molar-refractivity contribution in [3.05, 3.63) is 53.7 Å². The Balaban J connectivity index is 1.52. The largest absolute Gasteiger partial charge is 0.494 e. The number of carboxylic acids is 1. The van der Waals surface area contributed by atoms with E-state index in [2.05, 4.69) is 25.5 Å². The van der Waals surface area contributed by atoms with E-state index in [1.165, 1.54) is 6.20 Å². The molecule has 0 aliphatic carbocycles. The summed E-state index contributed by atoms with van der Waals surface area (Å²) in [5.74, 6) is 0.269. The molecule has 1 aliphatic heterocycles. The van der Waals surface area contributed by atoms with Gasteiger partial charge in [-0.05, 0) is 37.1 Å². The predicted molar refractivity (Wildman–Crippen MR) is 144 cm³/mol. The zero-order chi connectivity index (χ0) is 25.7. The van der Waals surface area contributed by atoms with E-state index in [1.807, 2.05) is 42.5 Å². The summed E-state index contributed by atoms with van der Waals surface area (Å²) < 4.78 is 18.5. The van der Waals surface area contributed by atoms with E-state index >= 15 is 0 Å². The van der Waals surface area contributed by atoms with Gasteiger partial charge in [0.25, 0.3) is 0 Å². The summed E-state index contributed by atoms with van der Waals surface area (Å²) >= 11 is 6.21. The number of hydrogen-bond donors (Lipinski definition) is 4. The maximum atomic E-state index is 11.4. The van der Waals surface area contributed by atoms with E-state index in [0.717, 1.165) is 5.69 Å². The summed E-state index contributed by atoms with van der Waals surface area (Å²) in [5.41, 5.74) is 3.02. The van der Waals surface area contributed by atoms with Gasteiger partial charge in [-0.15, -0.1) is 0 Å². The number of anilines is 6. The smallest absolute Gasteiger partial charge is 0.306 e. The van der Waals surface area contributed by atoms with Gasteiger partial charge in [-0.2, -0.15) is 4.98 Å². The monoisotopic (exact) mass is 530 g/mol. The Labute approximate surface area is 217 Å². The number of para-hydroxylation sites is 2. The van der Waals surface area contributed by atoms with Gasteiger partial charge in [0.2, 0.25) is 5.95 Å². The third kappa shape index (κ3) is 5.80. The summed E-state index contributed by atoms with van der Waals surface area (Å²) in [6.07, 6.45) is 2.71. The fourth-order valence-corrected chi connectivity index (χ4v) is 4.43. The lowest BCUT2D eigenvalue weighted by Crippen LogP contribution is -2.36. The second kappa shape index (κ2) is 11.4. The Hall–Kier alpha value is -3.57. The summed E-state index contributed by atoms with van der Waals surface area (Å²) in [5, 5.41) is 15.9. The van der Waals surface area contributed by atoms with Crippen LogP contribution in [0.5, 0.6) is 5.75 Å². The summed E-state index contributed by atoms with van der Waals surface area (Å²) in [4.78, 5) is 22.2. The molecule has 0 atom stereocenters. The molecule has 0 radical (unpaired) electrons. The van der Waals surface area contributed by atoms with E-state index in [9.17, 15) is 14.1 Å². The first-order valence-electron chi connectivity index (χ1n) is 11.3. The summed E-state index contributed by atoms with van der Waals surface area (Å²) in [7, 11) is 3.29.